The summed E-state index contributed by atoms with van der Waals surface area (Å²) in [6.45, 7) is 0. The smallest absolute Gasteiger partial charge is 0.307 e. The molecule has 0 atom stereocenters. The van der Waals surface area contributed by atoms with Gasteiger partial charge in [-0.05, 0) is 11.1 Å². The Morgan fingerprint density at radius 2 is 1.20 bits per heavy atom. The second kappa shape index (κ2) is 8.48. The molecule has 0 aromatic heterocycles. The van der Waals surface area contributed by atoms with E-state index in [1.807, 2.05) is 48.5 Å². The third-order valence-electron chi connectivity index (χ3n) is 2.42. The molecule has 0 bridgehead atoms. The van der Waals surface area contributed by atoms with Crippen molar-refractivity contribution in [1.29, 1.82) is 0 Å². The molecule has 0 aliphatic heterocycles. The highest BCUT2D eigenvalue weighted by Crippen LogP contribution is 1.98. The molecule has 1 amide bonds. The van der Waals surface area contributed by atoms with Crippen molar-refractivity contribution in [2.24, 2.45) is 5.73 Å². The first-order valence-corrected chi connectivity index (χ1v) is 6.16. The van der Waals surface area contributed by atoms with Crippen LogP contribution >= 0.6 is 0 Å². The van der Waals surface area contributed by atoms with E-state index < -0.39 is 5.97 Å². The van der Waals surface area contributed by atoms with E-state index in [4.69, 9.17) is 10.8 Å². The lowest BCUT2D eigenvalue weighted by atomic mass is 10.1. The Labute approximate surface area is 117 Å². The molecule has 0 radical (unpaired) electrons. The maximum atomic E-state index is 10.4. The van der Waals surface area contributed by atoms with Gasteiger partial charge in [0, 0.05) is 0 Å². The summed E-state index contributed by atoms with van der Waals surface area (Å²) in [5, 5.41) is 8.37. The molecule has 0 fully saturated rings. The van der Waals surface area contributed by atoms with E-state index in [0.29, 0.717) is 6.42 Å². The zero-order valence-electron chi connectivity index (χ0n) is 11.0. The molecule has 2 rings (SSSR count). The molecule has 4 nitrogen and oxygen atoms in total. The summed E-state index contributed by atoms with van der Waals surface area (Å²) >= 11 is 0. The number of benzene rings is 2. The fourth-order valence-electron chi connectivity index (χ4n) is 1.57. The molecule has 2 aromatic carbocycles. The highest BCUT2D eigenvalue weighted by atomic mass is 16.4. The molecule has 104 valence electrons. The normalized spacial score (nSPS) is 9.20. The van der Waals surface area contributed by atoms with Crippen LogP contribution in [0.4, 0.5) is 0 Å². The van der Waals surface area contributed by atoms with E-state index in [2.05, 4.69) is 0 Å². The van der Waals surface area contributed by atoms with Crippen molar-refractivity contribution in [2.75, 3.05) is 0 Å². The summed E-state index contributed by atoms with van der Waals surface area (Å²) in [6.07, 6.45) is 0.446. The highest BCUT2D eigenvalue weighted by molar-refractivity contribution is 5.76. The molecule has 0 spiro atoms. The molecule has 20 heavy (non-hydrogen) atoms. The van der Waals surface area contributed by atoms with Crippen LogP contribution in [0, 0.1) is 0 Å². The van der Waals surface area contributed by atoms with Crippen LogP contribution in [-0.4, -0.2) is 17.0 Å². The molecule has 3 N–H and O–H groups in total. The summed E-state index contributed by atoms with van der Waals surface area (Å²) in [6, 6.07) is 18.6. The van der Waals surface area contributed by atoms with Gasteiger partial charge in [-0.3, -0.25) is 9.59 Å². The van der Waals surface area contributed by atoms with Crippen LogP contribution in [0.15, 0.2) is 60.7 Å². The lowest BCUT2D eigenvalue weighted by Crippen LogP contribution is -2.13. The lowest BCUT2D eigenvalue weighted by molar-refractivity contribution is -0.136. The number of carboxylic acids is 1. The molecule has 0 aliphatic carbocycles. The fraction of sp³-hybridized carbons (Fsp3) is 0.125. The van der Waals surface area contributed by atoms with Gasteiger partial charge in [-0.25, -0.2) is 0 Å². The van der Waals surface area contributed by atoms with Gasteiger partial charge < -0.3 is 10.8 Å². The number of carbonyl (C=O) groups is 2. The monoisotopic (exact) mass is 271 g/mol. The Balaban J connectivity index is 0.000000200. The lowest BCUT2D eigenvalue weighted by Gasteiger charge is -1.93. The standard InChI is InChI=1S/C8H9NO.C8H8O2/c2*9-8(10)6-7-4-2-1-3-5-7/h1-5H,6H2,(H2,9,10);1-5H,6H2,(H,9,10). The zero-order chi connectivity index (χ0) is 14.8. The van der Waals surface area contributed by atoms with Crippen LogP contribution in [-0.2, 0) is 22.4 Å². The second-order valence-corrected chi connectivity index (χ2v) is 4.18. The molecule has 4 heteroatoms. The van der Waals surface area contributed by atoms with Gasteiger partial charge >= 0.3 is 5.97 Å². The van der Waals surface area contributed by atoms with Gasteiger partial charge in [0.1, 0.15) is 0 Å². The van der Waals surface area contributed by atoms with Crippen LogP contribution in [0.25, 0.3) is 0 Å². The van der Waals surface area contributed by atoms with Crippen molar-refractivity contribution in [3.8, 4) is 0 Å². The maximum absolute atomic E-state index is 10.4. The minimum absolute atomic E-state index is 0.112. The number of hydrogen-bond acceptors (Lipinski definition) is 2. The predicted molar refractivity (Wildman–Crippen MR) is 77.1 cm³/mol. The summed E-state index contributed by atoms with van der Waals surface area (Å²) in [5.41, 5.74) is 6.80. The van der Waals surface area contributed by atoms with Gasteiger partial charge in [0.05, 0.1) is 12.8 Å². The summed E-state index contributed by atoms with van der Waals surface area (Å²) in [7, 11) is 0. The Bertz CT molecular complexity index is 487. The number of nitrogens with two attached hydrogens (primary N) is 1. The van der Waals surface area contributed by atoms with E-state index in [0.717, 1.165) is 11.1 Å². The molecule has 2 aromatic rings. The predicted octanol–water partition coefficient (Wildman–Crippen LogP) is 2.03. The van der Waals surface area contributed by atoms with E-state index in [-0.39, 0.29) is 12.3 Å². The van der Waals surface area contributed by atoms with Gasteiger partial charge in [0.15, 0.2) is 0 Å². The van der Waals surface area contributed by atoms with Crippen LogP contribution in [0.3, 0.4) is 0 Å². The topological polar surface area (TPSA) is 80.4 Å². The van der Waals surface area contributed by atoms with Gasteiger partial charge in [-0.2, -0.15) is 0 Å². The van der Waals surface area contributed by atoms with E-state index in [1.165, 1.54) is 0 Å². The van der Waals surface area contributed by atoms with Crippen LogP contribution in [0.1, 0.15) is 11.1 Å². The van der Waals surface area contributed by atoms with E-state index in [9.17, 15) is 9.59 Å². The van der Waals surface area contributed by atoms with Gasteiger partial charge in [0.2, 0.25) is 5.91 Å². The van der Waals surface area contributed by atoms with Crippen LogP contribution in [0.5, 0.6) is 0 Å². The van der Waals surface area contributed by atoms with Gasteiger partial charge in [-0.1, -0.05) is 60.7 Å². The number of hydrogen-bond donors (Lipinski definition) is 2. The van der Waals surface area contributed by atoms with Crippen LogP contribution < -0.4 is 5.73 Å². The van der Waals surface area contributed by atoms with Crippen molar-refractivity contribution in [3.63, 3.8) is 0 Å². The molecule has 0 heterocycles. The molecule has 0 aliphatic rings. The first-order valence-electron chi connectivity index (χ1n) is 6.16. The largest absolute Gasteiger partial charge is 0.481 e. The van der Waals surface area contributed by atoms with Crippen molar-refractivity contribution in [2.45, 2.75) is 12.8 Å². The average Bonchev–Trinajstić information content (AvgIpc) is 2.40. The molecular weight excluding hydrogens is 254 g/mol. The number of rotatable bonds is 4. The SMILES string of the molecule is NC(=O)Cc1ccccc1.O=C(O)Cc1ccccc1. The van der Waals surface area contributed by atoms with Gasteiger partial charge in [0.25, 0.3) is 0 Å². The van der Waals surface area contributed by atoms with Crippen molar-refractivity contribution < 1.29 is 14.7 Å². The fourth-order valence-corrected chi connectivity index (χ4v) is 1.57. The quantitative estimate of drug-likeness (QED) is 0.892. The maximum Gasteiger partial charge on any atom is 0.307 e. The van der Waals surface area contributed by atoms with Crippen molar-refractivity contribution in [3.05, 3.63) is 71.8 Å². The zero-order valence-corrected chi connectivity index (χ0v) is 11.0. The van der Waals surface area contributed by atoms with Gasteiger partial charge in [-0.15, -0.1) is 0 Å². The highest BCUT2D eigenvalue weighted by Gasteiger charge is 1.96. The van der Waals surface area contributed by atoms with E-state index >= 15 is 0 Å². The summed E-state index contributed by atoms with van der Waals surface area (Å²) in [5.74, 6) is -1.07. The number of primary amides is 1. The number of carboxylic acid groups (broad SMARTS) is 1. The van der Waals surface area contributed by atoms with Crippen molar-refractivity contribution >= 4 is 11.9 Å². The Kier molecular flexibility index (Phi) is 6.54. The Hall–Kier alpha value is -2.62. The van der Waals surface area contributed by atoms with Crippen molar-refractivity contribution in [1.82, 2.24) is 0 Å². The number of aliphatic carboxylic acids is 1. The second-order valence-electron chi connectivity index (χ2n) is 4.18. The molecule has 0 saturated carbocycles. The molecular formula is C16H17NO3. The molecule has 0 saturated heterocycles. The first-order chi connectivity index (χ1) is 9.58. The summed E-state index contributed by atoms with van der Waals surface area (Å²) < 4.78 is 0. The first kappa shape index (κ1) is 15.4. The Morgan fingerprint density at radius 3 is 1.55 bits per heavy atom. The minimum Gasteiger partial charge on any atom is -0.481 e. The number of amides is 1. The van der Waals surface area contributed by atoms with Crippen LogP contribution in [0.2, 0.25) is 0 Å². The third kappa shape index (κ3) is 6.96. The summed E-state index contributed by atoms with van der Waals surface area (Å²) in [4.78, 5) is 20.6. The number of carbonyl (C=O) groups excluding carboxylic acids is 1. The Morgan fingerprint density at radius 1 is 0.800 bits per heavy atom. The minimum atomic E-state index is -0.786. The average molecular weight is 271 g/mol. The molecule has 0 unspecified atom stereocenters. The van der Waals surface area contributed by atoms with E-state index in [1.54, 1.807) is 12.1 Å². The third-order valence-corrected chi connectivity index (χ3v) is 2.42.